The number of carbonyl (C=O) groups excluding carboxylic acids is 2. The maximum atomic E-state index is 13.3. The van der Waals surface area contributed by atoms with Crippen molar-refractivity contribution < 1.29 is 19.1 Å². The standard InChI is InChI=1S/C26H36N2O4/c1-8-22(25(30)27-26(4,5)6)28(16-20-12-10-13-21(15-20)31-7)24(29)17-32-23-14-9-11-18(2)19(23)3/h9-15,22H,8,16-17H2,1-7H3,(H,27,30)/t22-/m1/s1. The summed E-state index contributed by atoms with van der Waals surface area (Å²) < 4.78 is 11.2. The fraction of sp³-hybridized carbons (Fsp3) is 0.462. The van der Waals surface area contributed by atoms with E-state index in [-0.39, 0.29) is 25.0 Å². The van der Waals surface area contributed by atoms with Gasteiger partial charge < -0.3 is 19.7 Å². The van der Waals surface area contributed by atoms with E-state index in [1.54, 1.807) is 12.0 Å². The number of nitrogens with zero attached hydrogens (tertiary/aromatic N) is 1. The lowest BCUT2D eigenvalue weighted by atomic mass is 10.1. The number of carbonyl (C=O) groups is 2. The van der Waals surface area contributed by atoms with Crippen molar-refractivity contribution in [2.75, 3.05) is 13.7 Å². The first-order valence-electron chi connectivity index (χ1n) is 11.0. The van der Waals surface area contributed by atoms with E-state index in [1.807, 2.05) is 84.0 Å². The van der Waals surface area contributed by atoms with Gasteiger partial charge in [0.1, 0.15) is 17.5 Å². The topological polar surface area (TPSA) is 67.9 Å². The highest BCUT2D eigenvalue weighted by atomic mass is 16.5. The van der Waals surface area contributed by atoms with Crippen LogP contribution in [0.4, 0.5) is 0 Å². The number of aryl methyl sites for hydroxylation is 1. The summed E-state index contributed by atoms with van der Waals surface area (Å²) in [6, 6.07) is 12.7. The van der Waals surface area contributed by atoms with Crippen molar-refractivity contribution in [3.8, 4) is 11.5 Å². The first kappa shape index (κ1) is 25.2. The molecule has 174 valence electrons. The molecule has 32 heavy (non-hydrogen) atoms. The molecule has 2 amide bonds. The summed E-state index contributed by atoms with van der Waals surface area (Å²) in [6.45, 7) is 11.8. The number of hydrogen-bond acceptors (Lipinski definition) is 4. The molecule has 1 atom stereocenters. The monoisotopic (exact) mass is 440 g/mol. The summed E-state index contributed by atoms with van der Waals surface area (Å²) in [5.74, 6) is 0.952. The van der Waals surface area contributed by atoms with Crippen molar-refractivity contribution in [2.45, 2.75) is 66.1 Å². The second kappa shape index (κ2) is 11.0. The highest BCUT2D eigenvalue weighted by Gasteiger charge is 2.31. The van der Waals surface area contributed by atoms with Gasteiger partial charge in [0.15, 0.2) is 6.61 Å². The van der Waals surface area contributed by atoms with E-state index >= 15 is 0 Å². The summed E-state index contributed by atoms with van der Waals surface area (Å²) in [4.78, 5) is 28.0. The van der Waals surface area contributed by atoms with Crippen molar-refractivity contribution in [3.05, 3.63) is 59.2 Å². The fourth-order valence-corrected chi connectivity index (χ4v) is 3.44. The van der Waals surface area contributed by atoms with Crippen LogP contribution < -0.4 is 14.8 Å². The average Bonchev–Trinajstić information content (AvgIpc) is 2.73. The zero-order valence-corrected chi connectivity index (χ0v) is 20.3. The Morgan fingerprint density at radius 2 is 1.78 bits per heavy atom. The van der Waals surface area contributed by atoms with Gasteiger partial charge in [0.2, 0.25) is 5.91 Å². The zero-order chi connectivity index (χ0) is 23.9. The molecular formula is C26H36N2O4. The molecule has 0 radical (unpaired) electrons. The van der Waals surface area contributed by atoms with Gasteiger partial charge in [0.25, 0.3) is 5.91 Å². The lowest BCUT2D eigenvalue weighted by Gasteiger charge is -2.33. The van der Waals surface area contributed by atoms with Crippen LogP contribution in [0.1, 0.15) is 50.8 Å². The number of hydrogen-bond donors (Lipinski definition) is 1. The normalized spacial score (nSPS) is 12.1. The van der Waals surface area contributed by atoms with E-state index < -0.39 is 11.6 Å². The van der Waals surface area contributed by atoms with E-state index in [4.69, 9.17) is 9.47 Å². The molecule has 0 aliphatic heterocycles. The second-order valence-electron chi connectivity index (χ2n) is 9.02. The zero-order valence-electron chi connectivity index (χ0n) is 20.3. The molecule has 2 rings (SSSR count). The van der Waals surface area contributed by atoms with Gasteiger partial charge >= 0.3 is 0 Å². The predicted molar refractivity (Wildman–Crippen MR) is 127 cm³/mol. The lowest BCUT2D eigenvalue weighted by Crippen LogP contribution is -2.54. The van der Waals surface area contributed by atoms with Crippen LogP contribution in [0, 0.1) is 13.8 Å². The van der Waals surface area contributed by atoms with Gasteiger partial charge in [-0.1, -0.05) is 31.2 Å². The molecule has 1 N–H and O–H groups in total. The average molecular weight is 441 g/mol. The minimum absolute atomic E-state index is 0.145. The lowest BCUT2D eigenvalue weighted by molar-refractivity contribution is -0.143. The molecule has 0 unspecified atom stereocenters. The fourth-order valence-electron chi connectivity index (χ4n) is 3.44. The van der Waals surface area contributed by atoms with Crippen molar-refractivity contribution >= 4 is 11.8 Å². The Bertz CT molecular complexity index is 934. The highest BCUT2D eigenvalue weighted by molar-refractivity contribution is 5.88. The minimum atomic E-state index is -0.616. The Hall–Kier alpha value is -3.02. The van der Waals surface area contributed by atoms with Crippen LogP contribution in [0.5, 0.6) is 11.5 Å². The summed E-state index contributed by atoms with van der Waals surface area (Å²) >= 11 is 0. The quantitative estimate of drug-likeness (QED) is 0.627. The molecule has 0 aliphatic carbocycles. The molecule has 6 heteroatoms. The largest absolute Gasteiger partial charge is 0.497 e. The number of methoxy groups -OCH3 is 1. The predicted octanol–water partition coefficient (Wildman–Crippen LogP) is 4.41. The Morgan fingerprint density at radius 1 is 1.09 bits per heavy atom. The summed E-state index contributed by atoms with van der Waals surface area (Å²) in [6.07, 6.45) is 0.487. The van der Waals surface area contributed by atoms with Crippen LogP contribution in [0.25, 0.3) is 0 Å². The van der Waals surface area contributed by atoms with Gasteiger partial charge in [-0.3, -0.25) is 9.59 Å². The van der Waals surface area contributed by atoms with E-state index in [0.717, 1.165) is 16.7 Å². The van der Waals surface area contributed by atoms with E-state index in [2.05, 4.69) is 5.32 Å². The molecule has 0 bridgehead atoms. The van der Waals surface area contributed by atoms with Crippen LogP contribution in [0.3, 0.4) is 0 Å². The van der Waals surface area contributed by atoms with E-state index in [9.17, 15) is 9.59 Å². The molecule has 6 nitrogen and oxygen atoms in total. The van der Waals surface area contributed by atoms with Gasteiger partial charge in [0.05, 0.1) is 7.11 Å². The number of nitrogens with one attached hydrogen (secondary N) is 1. The molecule has 0 heterocycles. The summed E-state index contributed by atoms with van der Waals surface area (Å²) in [5, 5.41) is 3.01. The van der Waals surface area contributed by atoms with E-state index in [0.29, 0.717) is 17.9 Å². The summed E-state index contributed by atoms with van der Waals surface area (Å²) in [7, 11) is 1.60. The smallest absolute Gasteiger partial charge is 0.261 e. The molecule has 2 aromatic carbocycles. The van der Waals surface area contributed by atoms with Gasteiger partial charge in [-0.05, 0) is 75.9 Å². The Labute approximate surface area is 191 Å². The number of benzene rings is 2. The number of ether oxygens (including phenoxy) is 2. The van der Waals surface area contributed by atoms with Gasteiger partial charge in [-0.15, -0.1) is 0 Å². The maximum Gasteiger partial charge on any atom is 0.261 e. The van der Waals surface area contributed by atoms with Gasteiger partial charge in [0, 0.05) is 12.1 Å². The Balaban J connectivity index is 2.29. The molecule has 0 aliphatic rings. The molecule has 0 saturated carbocycles. The third kappa shape index (κ3) is 7.01. The number of amides is 2. The van der Waals surface area contributed by atoms with Crippen molar-refractivity contribution in [1.29, 1.82) is 0 Å². The SMILES string of the molecule is CC[C@H](C(=O)NC(C)(C)C)N(Cc1cccc(OC)c1)C(=O)COc1cccc(C)c1C. The van der Waals surface area contributed by atoms with Crippen molar-refractivity contribution in [1.82, 2.24) is 10.2 Å². The first-order valence-corrected chi connectivity index (χ1v) is 11.0. The van der Waals surface area contributed by atoms with Crippen molar-refractivity contribution in [3.63, 3.8) is 0 Å². The first-order chi connectivity index (χ1) is 15.1. The van der Waals surface area contributed by atoms with Crippen LogP contribution in [0.15, 0.2) is 42.5 Å². The highest BCUT2D eigenvalue weighted by Crippen LogP contribution is 2.22. The van der Waals surface area contributed by atoms with Gasteiger partial charge in [-0.2, -0.15) is 0 Å². The maximum absolute atomic E-state index is 13.3. The van der Waals surface area contributed by atoms with Crippen LogP contribution in [-0.4, -0.2) is 42.0 Å². The molecule has 0 spiro atoms. The van der Waals surface area contributed by atoms with Gasteiger partial charge in [-0.25, -0.2) is 0 Å². The second-order valence-corrected chi connectivity index (χ2v) is 9.02. The summed E-state index contributed by atoms with van der Waals surface area (Å²) in [5.41, 5.74) is 2.58. The molecule has 0 saturated heterocycles. The van der Waals surface area contributed by atoms with Crippen LogP contribution in [-0.2, 0) is 16.1 Å². The third-order valence-electron chi connectivity index (χ3n) is 5.28. The van der Waals surface area contributed by atoms with E-state index in [1.165, 1.54) is 0 Å². The Morgan fingerprint density at radius 3 is 2.41 bits per heavy atom. The molecule has 0 fully saturated rings. The van der Waals surface area contributed by atoms with Crippen LogP contribution in [0.2, 0.25) is 0 Å². The molecular weight excluding hydrogens is 404 g/mol. The molecule has 0 aromatic heterocycles. The minimum Gasteiger partial charge on any atom is -0.497 e. The Kier molecular flexibility index (Phi) is 8.70. The number of rotatable bonds is 9. The third-order valence-corrected chi connectivity index (χ3v) is 5.28. The van der Waals surface area contributed by atoms with Crippen molar-refractivity contribution in [2.24, 2.45) is 0 Å². The molecule has 2 aromatic rings. The van der Waals surface area contributed by atoms with Crippen LogP contribution >= 0.6 is 0 Å².